The molecule has 1 atom stereocenters. The Kier molecular flexibility index (Phi) is 5.01. The summed E-state index contributed by atoms with van der Waals surface area (Å²) in [6.45, 7) is 1.67. The third kappa shape index (κ3) is 3.44. The highest BCUT2D eigenvalue weighted by atomic mass is 35.5. The van der Waals surface area contributed by atoms with E-state index in [2.05, 4.69) is 15.3 Å². The molecule has 1 aliphatic heterocycles. The summed E-state index contributed by atoms with van der Waals surface area (Å²) in [5, 5.41) is 14.1. The Bertz CT molecular complexity index is 920. The number of benzene rings is 2. The number of nitrogens with two attached hydrogens (primary N) is 1. The molecule has 0 bridgehead atoms. The second-order valence-corrected chi connectivity index (χ2v) is 6.31. The summed E-state index contributed by atoms with van der Waals surface area (Å²) in [6.07, 6.45) is 0. The van der Waals surface area contributed by atoms with Crippen LogP contribution >= 0.6 is 23.2 Å². The number of primary amides is 1. The van der Waals surface area contributed by atoms with Crippen molar-refractivity contribution >= 4 is 52.1 Å². The number of amides is 2. The fourth-order valence-electron chi connectivity index (χ4n) is 2.36. The van der Waals surface area contributed by atoms with Gasteiger partial charge in [0.15, 0.2) is 6.04 Å². The summed E-state index contributed by atoms with van der Waals surface area (Å²) in [6, 6.07) is 10.3. The van der Waals surface area contributed by atoms with E-state index in [-0.39, 0.29) is 0 Å². The molecule has 0 saturated heterocycles. The van der Waals surface area contributed by atoms with Crippen molar-refractivity contribution in [1.82, 2.24) is 0 Å². The van der Waals surface area contributed by atoms with Crippen molar-refractivity contribution < 1.29 is 9.59 Å². The van der Waals surface area contributed by atoms with Gasteiger partial charge in [-0.1, -0.05) is 29.3 Å². The van der Waals surface area contributed by atoms with Gasteiger partial charge < -0.3 is 5.73 Å². The van der Waals surface area contributed by atoms with E-state index >= 15 is 0 Å². The Morgan fingerprint density at radius 3 is 2.35 bits per heavy atom. The Labute approximate surface area is 159 Å². The average Bonchev–Trinajstić information content (AvgIpc) is 2.87. The summed E-state index contributed by atoms with van der Waals surface area (Å²) in [4.78, 5) is 23.7. The minimum Gasteiger partial charge on any atom is -0.366 e. The van der Waals surface area contributed by atoms with Crippen molar-refractivity contribution in [3.8, 4) is 0 Å². The first kappa shape index (κ1) is 18.0. The van der Waals surface area contributed by atoms with Crippen LogP contribution in [0, 0.1) is 0 Å². The zero-order chi connectivity index (χ0) is 18.8. The standard InChI is InChI=1S/C17H13Cl2N5O2/c1-9-14(22-21-11-7-5-10(6-8-11)16(20)25)17(26)24(23-9)15-12(18)3-2-4-13(15)19/h2-8,14H,1H3,(H2,20,25). The fraction of sp³-hybridized carbons (Fsp3) is 0.118. The molecule has 2 N–H and O–H groups in total. The minimum absolute atomic E-state index is 0.307. The van der Waals surface area contributed by atoms with E-state index in [9.17, 15) is 9.59 Å². The first-order valence-corrected chi connectivity index (χ1v) is 8.28. The number of nitrogens with zero attached hydrogens (tertiary/aromatic N) is 4. The van der Waals surface area contributed by atoms with Gasteiger partial charge in [-0.25, -0.2) is 0 Å². The van der Waals surface area contributed by atoms with E-state index < -0.39 is 17.9 Å². The topological polar surface area (TPSA) is 100 Å². The Hall–Kier alpha value is -2.77. The summed E-state index contributed by atoms with van der Waals surface area (Å²) in [5.74, 6) is -0.940. The van der Waals surface area contributed by atoms with Gasteiger partial charge in [-0.2, -0.15) is 20.3 Å². The minimum atomic E-state index is -0.877. The van der Waals surface area contributed by atoms with Crippen LogP contribution in [0.3, 0.4) is 0 Å². The molecular formula is C17H13Cl2N5O2. The summed E-state index contributed by atoms with van der Waals surface area (Å²) in [5.41, 5.74) is 6.79. The lowest BCUT2D eigenvalue weighted by molar-refractivity contribution is -0.117. The molecule has 132 valence electrons. The number of carbonyl (C=O) groups is 2. The van der Waals surface area contributed by atoms with Crippen LogP contribution in [0.5, 0.6) is 0 Å². The van der Waals surface area contributed by atoms with E-state index in [0.717, 1.165) is 5.01 Å². The summed E-state index contributed by atoms with van der Waals surface area (Å²) >= 11 is 12.3. The molecule has 0 fully saturated rings. The van der Waals surface area contributed by atoms with Gasteiger partial charge in [0.2, 0.25) is 5.91 Å². The van der Waals surface area contributed by atoms with E-state index in [0.29, 0.717) is 32.7 Å². The van der Waals surface area contributed by atoms with Crippen LogP contribution in [0.2, 0.25) is 10.0 Å². The van der Waals surface area contributed by atoms with Crippen molar-refractivity contribution in [1.29, 1.82) is 0 Å². The number of hydrazone groups is 1. The third-order valence-corrected chi connectivity index (χ3v) is 4.30. The molecule has 2 aromatic carbocycles. The molecule has 7 nitrogen and oxygen atoms in total. The highest BCUT2D eigenvalue weighted by Gasteiger charge is 2.36. The van der Waals surface area contributed by atoms with Crippen molar-refractivity contribution in [3.63, 3.8) is 0 Å². The van der Waals surface area contributed by atoms with Crippen LogP contribution in [0.15, 0.2) is 57.8 Å². The third-order valence-electron chi connectivity index (χ3n) is 3.69. The van der Waals surface area contributed by atoms with Gasteiger partial charge in [0.25, 0.3) is 5.91 Å². The molecule has 9 heteroatoms. The lowest BCUT2D eigenvalue weighted by Gasteiger charge is -2.15. The highest BCUT2D eigenvalue weighted by molar-refractivity contribution is 6.40. The number of anilines is 1. The molecule has 0 radical (unpaired) electrons. The van der Waals surface area contributed by atoms with Crippen molar-refractivity contribution in [2.75, 3.05) is 5.01 Å². The van der Waals surface area contributed by atoms with E-state index in [4.69, 9.17) is 28.9 Å². The fourth-order valence-corrected chi connectivity index (χ4v) is 2.92. The quantitative estimate of drug-likeness (QED) is 0.799. The van der Waals surface area contributed by atoms with Gasteiger partial charge in [0.1, 0.15) is 5.69 Å². The maximum Gasteiger partial charge on any atom is 0.280 e. The number of rotatable bonds is 4. The second-order valence-electron chi connectivity index (χ2n) is 5.49. The molecule has 2 amide bonds. The van der Waals surface area contributed by atoms with Crippen LogP contribution in [0.1, 0.15) is 17.3 Å². The van der Waals surface area contributed by atoms with Gasteiger partial charge in [0, 0.05) is 5.56 Å². The summed E-state index contributed by atoms with van der Waals surface area (Å²) < 4.78 is 0. The zero-order valence-electron chi connectivity index (χ0n) is 13.6. The van der Waals surface area contributed by atoms with Crippen molar-refractivity contribution in [2.45, 2.75) is 13.0 Å². The van der Waals surface area contributed by atoms with Crippen LogP contribution in [0.4, 0.5) is 11.4 Å². The van der Waals surface area contributed by atoms with Gasteiger partial charge in [0.05, 0.1) is 21.4 Å². The lowest BCUT2D eigenvalue weighted by Crippen LogP contribution is -2.30. The zero-order valence-corrected chi connectivity index (χ0v) is 15.1. The smallest absolute Gasteiger partial charge is 0.280 e. The van der Waals surface area contributed by atoms with Gasteiger partial charge in [-0.05, 0) is 43.3 Å². The van der Waals surface area contributed by atoms with Crippen LogP contribution in [-0.2, 0) is 4.79 Å². The largest absolute Gasteiger partial charge is 0.366 e. The molecule has 1 unspecified atom stereocenters. The monoisotopic (exact) mass is 389 g/mol. The van der Waals surface area contributed by atoms with Crippen LogP contribution in [0.25, 0.3) is 0 Å². The van der Waals surface area contributed by atoms with E-state index in [1.165, 1.54) is 12.1 Å². The Balaban J connectivity index is 1.83. The van der Waals surface area contributed by atoms with Gasteiger partial charge >= 0.3 is 0 Å². The van der Waals surface area contributed by atoms with Gasteiger partial charge in [-0.15, -0.1) is 0 Å². The van der Waals surface area contributed by atoms with Crippen LogP contribution < -0.4 is 10.7 Å². The number of hydrogen-bond acceptors (Lipinski definition) is 5. The lowest BCUT2D eigenvalue weighted by atomic mass is 10.2. The molecule has 0 aliphatic carbocycles. The first-order chi connectivity index (χ1) is 12.4. The Morgan fingerprint density at radius 1 is 1.15 bits per heavy atom. The number of halogens is 2. The van der Waals surface area contributed by atoms with Crippen LogP contribution in [-0.4, -0.2) is 23.6 Å². The summed E-state index contributed by atoms with van der Waals surface area (Å²) in [7, 11) is 0. The molecule has 1 aliphatic rings. The van der Waals surface area contributed by atoms with Crippen molar-refractivity contribution in [3.05, 3.63) is 58.1 Å². The molecule has 0 spiro atoms. The predicted octanol–water partition coefficient (Wildman–Crippen LogP) is 3.97. The molecule has 0 aromatic heterocycles. The normalized spacial score (nSPS) is 17.0. The SMILES string of the molecule is CC1=NN(c2c(Cl)cccc2Cl)C(=O)C1N=Nc1ccc(C(N)=O)cc1. The first-order valence-electron chi connectivity index (χ1n) is 7.52. The number of para-hydroxylation sites is 1. The second kappa shape index (κ2) is 7.23. The van der Waals surface area contributed by atoms with Crippen molar-refractivity contribution in [2.24, 2.45) is 21.1 Å². The van der Waals surface area contributed by atoms with Gasteiger partial charge in [-0.3, -0.25) is 9.59 Å². The Morgan fingerprint density at radius 2 is 1.77 bits per heavy atom. The number of azo groups is 1. The average molecular weight is 390 g/mol. The molecule has 0 saturated carbocycles. The maximum atomic E-state index is 12.7. The molecule has 26 heavy (non-hydrogen) atoms. The highest BCUT2D eigenvalue weighted by Crippen LogP contribution is 2.36. The molecule has 3 rings (SSSR count). The van der Waals surface area contributed by atoms with E-state index in [1.54, 1.807) is 37.3 Å². The number of hydrogen-bond donors (Lipinski definition) is 1. The maximum absolute atomic E-state index is 12.7. The number of carbonyl (C=O) groups excluding carboxylic acids is 2. The molecular weight excluding hydrogens is 377 g/mol. The molecule has 1 heterocycles. The van der Waals surface area contributed by atoms with E-state index in [1.807, 2.05) is 0 Å². The molecule has 2 aromatic rings. The predicted molar refractivity (Wildman–Crippen MR) is 100 cm³/mol.